The van der Waals surface area contributed by atoms with E-state index in [1.165, 1.54) is 15.7 Å². The summed E-state index contributed by atoms with van der Waals surface area (Å²) in [5, 5.41) is 15.8. The predicted molar refractivity (Wildman–Crippen MR) is 90.9 cm³/mol. The summed E-state index contributed by atoms with van der Waals surface area (Å²) in [5.74, 6) is 2.05. The van der Waals surface area contributed by atoms with E-state index in [-0.39, 0.29) is 12.6 Å². The molecule has 2 aliphatic carbocycles. The Morgan fingerprint density at radius 2 is 1.81 bits per heavy atom. The van der Waals surface area contributed by atoms with Crippen molar-refractivity contribution in [1.82, 2.24) is 34.3 Å². The van der Waals surface area contributed by atoms with Crippen LogP contribution in [0.25, 0.3) is 5.82 Å². The highest BCUT2D eigenvalue weighted by Crippen LogP contribution is 2.55. The molecule has 2 aliphatic rings. The average molecular weight is 351 g/mol. The van der Waals surface area contributed by atoms with Crippen molar-refractivity contribution < 1.29 is 0 Å². The zero-order valence-corrected chi connectivity index (χ0v) is 14.0. The van der Waals surface area contributed by atoms with Crippen LogP contribution in [0.5, 0.6) is 0 Å². The van der Waals surface area contributed by atoms with Crippen molar-refractivity contribution >= 4 is 0 Å². The molecule has 0 amide bonds. The lowest BCUT2D eigenvalue weighted by Crippen LogP contribution is -2.42. The molecule has 26 heavy (non-hydrogen) atoms. The maximum atomic E-state index is 12.5. The van der Waals surface area contributed by atoms with E-state index in [1.54, 1.807) is 41.5 Å². The molecule has 0 spiro atoms. The van der Waals surface area contributed by atoms with Gasteiger partial charge >= 0.3 is 11.1 Å². The minimum absolute atomic E-state index is 0.176. The van der Waals surface area contributed by atoms with Crippen molar-refractivity contribution in [2.24, 2.45) is 11.8 Å². The molecule has 0 N–H and O–H groups in total. The topological polar surface area (TPSA) is 100 Å². The van der Waals surface area contributed by atoms with E-state index in [4.69, 9.17) is 0 Å². The number of rotatable bonds is 4. The fourth-order valence-electron chi connectivity index (χ4n) is 3.91. The fraction of sp³-hybridized carbons (Fsp3) is 0.412. The second-order valence-electron chi connectivity index (χ2n) is 7.06. The first kappa shape index (κ1) is 15.2. The van der Waals surface area contributed by atoms with Crippen molar-refractivity contribution in [3.05, 3.63) is 63.3 Å². The molecule has 5 rings (SSSR count). The number of nitrogens with zero attached hydrogens (tertiary/aromatic N) is 7. The largest absolute Gasteiger partial charge is 0.316 e. The van der Waals surface area contributed by atoms with Crippen molar-refractivity contribution in [3.8, 4) is 5.82 Å². The van der Waals surface area contributed by atoms with Crippen LogP contribution >= 0.6 is 0 Å². The highest BCUT2D eigenvalue weighted by molar-refractivity contribution is 5.19. The molecule has 0 aromatic carbocycles. The quantitative estimate of drug-likeness (QED) is 0.631. The number of fused-ring (bicyclic) bond motifs is 1. The van der Waals surface area contributed by atoms with Crippen LogP contribution in [-0.2, 0) is 6.54 Å². The van der Waals surface area contributed by atoms with Gasteiger partial charge in [-0.25, -0.2) is 4.68 Å². The Labute approximate surface area is 147 Å². The van der Waals surface area contributed by atoms with Crippen LogP contribution in [0.15, 0.2) is 46.5 Å². The lowest BCUT2D eigenvalue weighted by molar-refractivity contribution is 0.445. The SMILES string of the molecule is O=c1c(=O)n(C2C[C@@H]3C[C@@H]3C2)ccn1Cc1ccc(-n2ccnn2)nn1. The van der Waals surface area contributed by atoms with Crippen molar-refractivity contribution in [2.45, 2.75) is 31.8 Å². The van der Waals surface area contributed by atoms with E-state index in [1.807, 2.05) is 0 Å². The van der Waals surface area contributed by atoms with Gasteiger partial charge in [0.25, 0.3) is 0 Å². The molecule has 9 nitrogen and oxygen atoms in total. The molecule has 9 heteroatoms. The summed E-state index contributed by atoms with van der Waals surface area (Å²) in [4.78, 5) is 24.9. The molecule has 2 fully saturated rings. The van der Waals surface area contributed by atoms with E-state index in [0.29, 0.717) is 11.5 Å². The third kappa shape index (κ3) is 2.56. The monoisotopic (exact) mass is 351 g/mol. The molecule has 3 atom stereocenters. The summed E-state index contributed by atoms with van der Waals surface area (Å²) in [5.41, 5.74) is -0.378. The van der Waals surface area contributed by atoms with Crippen LogP contribution in [0.3, 0.4) is 0 Å². The van der Waals surface area contributed by atoms with Crippen LogP contribution < -0.4 is 11.1 Å². The molecule has 3 aromatic heterocycles. The highest BCUT2D eigenvalue weighted by atomic mass is 16.2. The molecular weight excluding hydrogens is 334 g/mol. The van der Waals surface area contributed by atoms with Crippen LogP contribution in [-0.4, -0.2) is 34.3 Å². The first-order valence-corrected chi connectivity index (χ1v) is 8.70. The summed E-state index contributed by atoms with van der Waals surface area (Å²) in [6.07, 6.45) is 9.94. The number of hydrogen-bond donors (Lipinski definition) is 0. The summed E-state index contributed by atoms with van der Waals surface area (Å²) >= 11 is 0. The van der Waals surface area contributed by atoms with E-state index >= 15 is 0 Å². The molecular formula is C17H17N7O2. The Morgan fingerprint density at radius 3 is 2.50 bits per heavy atom. The lowest BCUT2D eigenvalue weighted by atomic mass is 10.1. The zero-order valence-electron chi connectivity index (χ0n) is 14.0. The second kappa shape index (κ2) is 5.72. The molecule has 0 saturated heterocycles. The van der Waals surface area contributed by atoms with Gasteiger partial charge in [-0.05, 0) is 43.2 Å². The average Bonchev–Trinajstić information content (AvgIpc) is 3.05. The highest BCUT2D eigenvalue weighted by Gasteiger charge is 2.46. The molecule has 1 unspecified atom stereocenters. The third-order valence-electron chi connectivity index (χ3n) is 5.39. The molecule has 2 saturated carbocycles. The summed E-state index contributed by atoms with van der Waals surface area (Å²) in [6.45, 7) is 0.204. The van der Waals surface area contributed by atoms with Gasteiger partial charge < -0.3 is 9.13 Å². The summed E-state index contributed by atoms with van der Waals surface area (Å²) in [6, 6.07) is 3.68. The van der Waals surface area contributed by atoms with E-state index in [9.17, 15) is 9.59 Å². The van der Waals surface area contributed by atoms with E-state index in [0.717, 1.165) is 24.7 Å². The van der Waals surface area contributed by atoms with E-state index < -0.39 is 11.1 Å². The first-order chi connectivity index (χ1) is 12.7. The normalized spacial score (nSPS) is 23.8. The van der Waals surface area contributed by atoms with Crippen LogP contribution in [0, 0.1) is 11.8 Å². The maximum absolute atomic E-state index is 12.5. The fourth-order valence-corrected chi connectivity index (χ4v) is 3.91. The van der Waals surface area contributed by atoms with Gasteiger partial charge in [-0.15, -0.1) is 10.2 Å². The smallest absolute Gasteiger partial charge is 0.306 e. The van der Waals surface area contributed by atoms with Gasteiger partial charge in [0, 0.05) is 18.4 Å². The van der Waals surface area contributed by atoms with Gasteiger partial charge in [-0.2, -0.15) is 5.10 Å². The Bertz CT molecular complexity index is 1040. The van der Waals surface area contributed by atoms with Crippen LogP contribution in [0.1, 0.15) is 31.0 Å². The van der Waals surface area contributed by atoms with Gasteiger partial charge in [0.05, 0.1) is 24.6 Å². The second-order valence-corrected chi connectivity index (χ2v) is 7.06. The van der Waals surface area contributed by atoms with Gasteiger partial charge in [0.15, 0.2) is 5.82 Å². The third-order valence-corrected chi connectivity index (χ3v) is 5.39. The molecule has 0 bridgehead atoms. The lowest BCUT2D eigenvalue weighted by Gasteiger charge is -2.16. The van der Waals surface area contributed by atoms with Gasteiger partial charge in [-0.3, -0.25) is 9.59 Å². The summed E-state index contributed by atoms with van der Waals surface area (Å²) < 4.78 is 4.49. The standard InChI is InChI=1S/C17H17N7O2/c25-16-17(26)23(14-8-11-7-12(11)9-14)6-5-22(16)10-13-1-2-15(20-19-13)24-4-3-18-21-24/h1-6,11-12,14H,7-10H2/t11-,12+,14?. The minimum atomic E-state index is -0.518. The Morgan fingerprint density at radius 1 is 0.962 bits per heavy atom. The van der Waals surface area contributed by atoms with E-state index in [2.05, 4.69) is 20.5 Å². The predicted octanol–water partition coefficient (Wildman–Crippen LogP) is 0.400. The maximum Gasteiger partial charge on any atom is 0.316 e. The number of aromatic nitrogens is 7. The Hall–Kier alpha value is -3.10. The van der Waals surface area contributed by atoms with Crippen molar-refractivity contribution in [1.29, 1.82) is 0 Å². The molecule has 132 valence electrons. The van der Waals surface area contributed by atoms with Gasteiger partial charge in [0.2, 0.25) is 0 Å². The van der Waals surface area contributed by atoms with Crippen molar-refractivity contribution in [3.63, 3.8) is 0 Å². The molecule has 0 radical (unpaired) electrons. The number of hydrogen-bond acceptors (Lipinski definition) is 6. The summed E-state index contributed by atoms with van der Waals surface area (Å²) in [7, 11) is 0. The van der Waals surface area contributed by atoms with Crippen molar-refractivity contribution in [2.75, 3.05) is 0 Å². The van der Waals surface area contributed by atoms with Gasteiger partial charge in [-0.1, -0.05) is 5.21 Å². The molecule has 3 aromatic rings. The first-order valence-electron chi connectivity index (χ1n) is 8.70. The Balaban J connectivity index is 1.38. The van der Waals surface area contributed by atoms with Crippen LogP contribution in [0.4, 0.5) is 0 Å². The van der Waals surface area contributed by atoms with Crippen LogP contribution in [0.2, 0.25) is 0 Å². The minimum Gasteiger partial charge on any atom is -0.306 e. The van der Waals surface area contributed by atoms with Gasteiger partial charge in [0.1, 0.15) is 0 Å². The Kier molecular flexibility index (Phi) is 3.34. The zero-order chi connectivity index (χ0) is 17.7. The molecule has 3 heterocycles. The molecule has 0 aliphatic heterocycles.